The Bertz CT molecular complexity index is 1280. The standard InChI is InChI=1S/C24H27N7O/c1-17-12-18(2)31(27-17)23-14-22(25-16-26-23)29-8-10-30(11-9-29)24(32)13-19-15-28(3)21-7-5-4-6-20(19)21/h4-7,12,14-16H,8-11,13H2,1-3H3. The van der Waals surface area contributed by atoms with Gasteiger partial charge in [-0.05, 0) is 31.5 Å². The molecule has 0 aliphatic carbocycles. The third-order valence-electron chi connectivity index (χ3n) is 6.14. The molecule has 1 amide bonds. The van der Waals surface area contributed by atoms with Gasteiger partial charge in [0.25, 0.3) is 0 Å². The summed E-state index contributed by atoms with van der Waals surface area (Å²) in [5.41, 5.74) is 4.24. The van der Waals surface area contributed by atoms with E-state index >= 15 is 0 Å². The first kappa shape index (κ1) is 20.2. The summed E-state index contributed by atoms with van der Waals surface area (Å²) in [7, 11) is 2.02. The highest BCUT2D eigenvalue weighted by molar-refractivity contribution is 5.89. The van der Waals surface area contributed by atoms with Crippen LogP contribution < -0.4 is 4.90 Å². The van der Waals surface area contributed by atoms with Crippen molar-refractivity contribution in [3.63, 3.8) is 0 Å². The SMILES string of the molecule is Cc1cc(C)n(-c2cc(N3CCN(C(=O)Cc4cn(C)c5ccccc45)CC3)ncn2)n1. The van der Waals surface area contributed by atoms with Gasteiger partial charge in [-0.15, -0.1) is 0 Å². The topological polar surface area (TPSA) is 72.1 Å². The molecule has 0 spiro atoms. The van der Waals surface area contributed by atoms with Crippen molar-refractivity contribution in [2.75, 3.05) is 31.1 Å². The van der Waals surface area contributed by atoms with E-state index in [1.54, 1.807) is 6.33 Å². The molecule has 4 heterocycles. The maximum atomic E-state index is 13.0. The fourth-order valence-electron chi connectivity index (χ4n) is 4.51. The second-order valence-electron chi connectivity index (χ2n) is 8.40. The molecule has 1 aliphatic rings. The van der Waals surface area contributed by atoms with Crippen LogP contribution in [0.3, 0.4) is 0 Å². The first-order chi connectivity index (χ1) is 15.5. The van der Waals surface area contributed by atoms with Gasteiger partial charge in [0.15, 0.2) is 5.82 Å². The minimum Gasteiger partial charge on any atom is -0.353 e. The van der Waals surface area contributed by atoms with Crippen LogP contribution in [0.4, 0.5) is 5.82 Å². The summed E-state index contributed by atoms with van der Waals surface area (Å²) in [5, 5.41) is 5.67. The van der Waals surface area contributed by atoms with Crippen molar-refractivity contribution < 1.29 is 4.79 Å². The van der Waals surface area contributed by atoms with Crippen LogP contribution in [0.1, 0.15) is 17.0 Å². The summed E-state index contributed by atoms with van der Waals surface area (Å²) in [5.74, 6) is 1.80. The maximum absolute atomic E-state index is 13.0. The molecule has 1 saturated heterocycles. The van der Waals surface area contributed by atoms with E-state index in [9.17, 15) is 4.79 Å². The van der Waals surface area contributed by atoms with Gasteiger partial charge in [0, 0.05) is 62.1 Å². The fraction of sp³-hybridized carbons (Fsp3) is 0.333. The van der Waals surface area contributed by atoms with Gasteiger partial charge in [-0.2, -0.15) is 5.10 Å². The Morgan fingerprint density at radius 2 is 1.75 bits per heavy atom. The molecule has 1 aromatic carbocycles. The van der Waals surface area contributed by atoms with Crippen molar-refractivity contribution in [3.8, 4) is 5.82 Å². The van der Waals surface area contributed by atoms with Crippen LogP contribution in [0, 0.1) is 13.8 Å². The Balaban J connectivity index is 1.26. The number of piperazine rings is 1. The van der Waals surface area contributed by atoms with Crippen LogP contribution in [0.5, 0.6) is 0 Å². The maximum Gasteiger partial charge on any atom is 0.227 e. The van der Waals surface area contributed by atoms with Crippen LogP contribution in [-0.4, -0.2) is 61.3 Å². The molecule has 8 heteroatoms. The highest BCUT2D eigenvalue weighted by atomic mass is 16.2. The third kappa shape index (κ3) is 3.72. The van der Waals surface area contributed by atoms with Gasteiger partial charge >= 0.3 is 0 Å². The number of benzene rings is 1. The van der Waals surface area contributed by atoms with Crippen molar-refractivity contribution in [2.24, 2.45) is 7.05 Å². The summed E-state index contributed by atoms with van der Waals surface area (Å²) in [4.78, 5) is 26.0. The van der Waals surface area contributed by atoms with Crippen molar-refractivity contribution in [2.45, 2.75) is 20.3 Å². The summed E-state index contributed by atoms with van der Waals surface area (Å²) in [6, 6.07) is 12.2. The molecule has 8 nitrogen and oxygen atoms in total. The molecular weight excluding hydrogens is 402 g/mol. The Morgan fingerprint density at radius 1 is 1.00 bits per heavy atom. The van der Waals surface area contributed by atoms with Crippen molar-refractivity contribution in [1.29, 1.82) is 0 Å². The Kier molecular flexibility index (Phi) is 5.13. The molecule has 1 fully saturated rings. The number of aromatic nitrogens is 5. The third-order valence-corrected chi connectivity index (χ3v) is 6.14. The average Bonchev–Trinajstić information content (AvgIpc) is 3.32. The van der Waals surface area contributed by atoms with Crippen LogP contribution in [0.15, 0.2) is 48.9 Å². The number of fused-ring (bicyclic) bond motifs is 1. The molecule has 0 bridgehead atoms. The van der Waals surface area contributed by atoms with Crippen LogP contribution in [0.25, 0.3) is 16.7 Å². The lowest BCUT2D eigenvalue weighted by molar-refractivity contribution is -0.130. The van der Waals surface area contributed by atoms with Crippen molar-refractivity contribution in [1.82, 2.24) is 29.2 Å². The summed E-state index contributed by atoms with van der Waals surface area (Å²) in [6.45, 7) is 6.84. The summed E-state index contributed by atoms with van der Waals surface area (Å²) < 4.78 is 3.93. The van der Waals surface area contributed by atoms with Gasteiger partial charge in [0.1, 0.15) is 12.1 Å². The van der Waals surface area contributed by atoms with Gasteiger partial charge in [-0.1, -0.05) is 18.2 Å². The molecule has 0 radical (unpaired) electrons. The van der Waals surface area contributed by atoms with Gasteiger partial charge in [0.05, 0.1) is 12.1 Å². The number of amides is 1. The molecule has 0 saturated carbocycles. The number of anilines is 1. The molecule has 4 aromatic rings. The summed E-state index contributed by atoms with van der Waals surface area (Å²) >= 11 is 0. The fourth-order valence-corrected chi connectivity index (χ4v) is 4.51. The Labute approximate surface area is 187 Å². The van der Waals surface area contributed by atoms with Gasteiger partial charge in [-0.3, -0.25) is 4.79 Å². The van der Waals surface area contributed by atoms with E-state index in [2.05, 4.69) is 42.9 Å². The molecule has 1 aliphatic heterocycles. The number of hydrogen-bond acceptors (Lipinski definition) is 5. The predicted octanol–water partition coefficient (Wildman–Crippen LogP) is 2.66. The molecule has 5 rings (SSSR count). The first-order valence-corrected chi connectivity index (χ1v) is 10.9. The largest absolute Gasteiger partial charge is 0.353 e. The lowest BCUT2D eigenvalue weighted by Crippen LogP contribution is -2.49. The molecular formula is C24H27N7O. The molecule has 0 N–H and O–H groups in total. The Hall–Kier alpha value is -3.68. The molecule has 164 valence electrons. The number of para-hydroxylation sites is 1. The van der Waals surface area contributed by atoms with Gasteiger partial charge in [0.2, 0.25) is 5.91 Å². The second-order valence-corrected chi connectivity index (χ2v) is 8.40. The van der Waals surface area contributed by atoms with E-state index in [0.29, 0.717) is 19.5 Å². The lowest BCUT2D eigenvalue weighted by atomic mass is 10.1. The van der Waals surface area contributed by atoms with E-state index in [1.165, 1.54) is 0 Å². The zero-order chi connectivity index (χ0) is 22.2. The number of rotatable bonds is 4. The predicted molar refractivity (Wildman–Crippen MR) is 124 cm³/mol. The van der Waals surface area contributed by atoms with E-state index in [-0.39, 0.29) is 5.91 Å². The molecule has 0 unspecified atom stereocenters. The zero-order valence-electron chi connectivity index (χ0n) is 18.7. The van der Waals surface area contributed by atoms with Gasteiger partial charge in [-0.25, -0.2) is 14.6 Å². The quantitative estimate of drug-likeness (QED) is 0.499. The number of aryl methyl sites for hydroxylation is 3. The molecule has 3 aromatic heterocycles. The van der Waals surface area contributed by atoms with E-state index in [1.807, 2.05) is 54.7 Å². The average molecular weight is 430 g/mol. The Morgan fingerprint density at radius 3 is 2.50 bits per heavy atom. The highest BCUT2D eigenvalue weighted by Gasteiger charge is 2.23. The minimum atomic E-state index is 0.173. The number of nitrogens with zero attached hydrogens (tertiary/aromatic N) is 7. The normalized spacial score (nSPS) is 14.3. The second kappa shape index (κ2) is 8.11. The van der Waals surface area contributed by atoms with Crippen LogP contribution in [-0.2, 0) is 18.3 Å². The van der Waals surface area contributed by atoms with Crippen molar-refractivity contribution in [3.05, 3.63) is 65.9 Å². The molecule has 0 atom stereocenters. The van der Waals surface area contributed by atoms with E-state index in [0.717, 1.165) is 52.6 Å². The van der Waals surface area contributed by atoms with E-state index < -0.39 is 0 Å². The van der Waals surface area contributed by atoms with Crippen LogP contribution in [0.2, 0.25) is 0 Å². The first-order valence-electron chi connectivity index (χ1n) is 10.9. The van der Waals surface area contributed by atoms with Gasteiger partial charge < -0.3 is 14.4 Å². The van der Waals surface area contributed by atoms with Crippen LogP contribution >= 0.6 is 0 Å². The van der Waals surface area contributed by atoms with E-state index in [4.69, 9.17) is 0 Å². The zero-order valence-corrected chi connectivity index (χ0v) is 18.7. The number of carbonyl (C=O) groups excluding carboxylic acids is 1. The smallest absolute Gasteiger partial charge is 0.227 e. The summed E-state index contributed by atoms with van der Waals surface area (Å²) in [6.07, 6.45) is 4.08. The van der Waals surface area contributed by atoms with Crippen molar-refractivity contribution >= 4 is 22.6 Å². The monoisotopic (exact) mass is 429 g/mol. The highest BCUT2D eigenvalue weighted by Crippen LogP contribution is 2.22. The number of carbonyl (C=O) groups is 1. The minimum absolute atomic E-state index is 0.173. The molecule has 32 heavy (non-hydrogen) atoms. The lowest BCUT2D eigenvalue weighted by Gasteiger charge is -2.35. The number of hydrogen-bond donors (Lipinski definition) is 0.